The molecule has 4 nitrogen and oxygen atoms in total. The van der Waals surface area contributed by atoms with Gasteiger partial charge in [0, 0.05) is 13.1 Å². The van der Waals surface area contributed by atoms with Crippen molar-refractivity contribution in [2.75, 3.05) is 13.1 Å². The third-order valence-corrected chi connectivity index (χ3v) is 4.77. The van der Waals surface area contributed by atoms with Gasteiger partial charge in [-0.25, -0.2) is 4.39 Å². The van der Waals surface area contributed by atoms with E-state index < -0.39 is 0 Å². The molecule has 2 aromatic carbocycles. The highest BCUT2D eigenvalue weighted by molar-refractivity contribution is 5.79. The van der Waals surface area contributed by atoms with Crippen LogP contribution in [0.5, 0.6) is 5.75 Å². The Balaban J connectivity index is 1.66. The Labute approximate surface area is 147 Å². The Morgan fingerprint density at radius 3 is 2.68 bits per heavy atom. The van der Waals surface area contributed by atoms with Crippen molar-refractivity contribution in [2.24, 2.45) is 5.73 Å². The topological polar surface area (TPSA) is 55.6 Å². The van der Waals surface area contributed by atoms with Crippen molar-refractivity contribution < 1.29 is 13.9 Å². The summed E-state index contributed by atoms with van der Waals surface area (Å²) in [6, 6.07) is 12.2. The second kappa shape index (κ2) is 7.66. The van der Waals surface area contributed by atoms with E-state index in [1.54, 1.807) is 6.07 Å². The van der Waals surface area contributed by atoms with Gasteiger partial charge < -0.3 is 10.5 Å². The summed E-state index contributed by atoms with van der Waals surface area (Å²) >= 11 is 0. The second-order valence-electron chi connectivity index (χ2n) is 6.46. The fraction of sp³-hybridized carbons (Fsp3) is 0.350. The molecule has 0 radical (unpaired) electrons. The molecule has 1 unspecified atom stereocenters. The highest BCUT2D eigenvalue weighted by Crippen LogP contribution is 2.23. The van der Waals surface area contributed by atoms with Crippen molar-refractivity contribution in [3.05, 3.63) is 65.0 Å². The molecule has 5 heteroatoms. The average molecular weight is 342 g/mol. The van der Waals surface area contributed by atoms with Crippen molar-refractivity contribution >= 4 is 5.91 Å². The van der Waals surface area contributed by atoms with Crippen LogP contribution in [0.4, 0.5) is 4.39 Å². The standard InChI is InChI=1S/C20H23FN2O2/c1-14(20(22)24)23-9-7-16-5-6-19(12-17(16)8-10-23)25-13-15-3-2-4-18(21)11-15/h2-6,11-12,14H,7-10,13H2,1H3,(H2,22,24). The lowest BCUT2D eigenvalue weighted by Crippen LogP contribution is -2.43. The summed E-state index contributed by atoms with van der Waals surface area (Å²) in [6.45, 7) is 3.80. The number of carbonyl (C=O) groups excluding carboxylic acids is 1. The smallest absolute Gasteiger partial charge is 0.234 e. The predicted octanol–water partition coefficient (Wildman–Crippen LogP) is 2.68. The third kappa shape index (κ3) is 4.37. The summed E-state index contributed by atoms with van der Waals surface area (Å²) < 4.78 is 19.0. The van der Waals surface area contributed by atoms with Gasteiger partial charge in [0.1, 0.15) is 18.2 Å². The number of halogens is 1. The zero-order valence-electron chi connectivity index (χ0n) is 14.4. The van der Waals surface area contributed by atoms with Gasteiger partial charge in [-0.2, -0.15) is 0 Å². The van der Waals surface area contributed by atoms with Gasteiger partial charge in [0.05, 0.1) is 6.04 Å². The van der Waals surface area contributed by atoms with E-state index in [1.165, 1.54) is 23.3 Å². The first-order valence-electron chi connectivity index (χ1n) is 8.55. The Bertz CT molecular complexity index is 763. The fourth-order valence-corrected chi connectivity index (χ4v) is 3.17. The summed E-state index contributed by atoms with van der Waals surface area (Å²) in [5, 5.41) is 0. The lowest BCUT2D eigenvalue weighted by molar-refractivity contribution is -0.122. The molecule has 1 aliphatic heterocycles. The van der Waals surface area contributed by atoms with Gasteiger partial charge in [0.15, 0.2) is 0 Å². The first-order valence-corrected chi connectivity index (χ1v) is 8.55. The minimum atomic E-state index is -0.287. The summed E-state index contributed by atoms with van der Waals surface area (Å²) in [5.41, 5.74) is 8.73. The Morgan fingerprint density at radius 2 is 1.96 bits per heavy atom. The zero-order chi connectivity index (χ0) is 17.8. The number of primary amides is 1. The molecule has 1 atom stereocenters. The number of ether oxygens (including phenoxy) is 1. The first kappa shape index (κ1) is 17.4. The molecule has 0 saturated heterocycles. The van der Waals surface area contributed by atoms with Gasteiger partial charge in [-0.15, -0.1) is 0 Å². The van der Waals surface area contributed by atoms with Crippen molar-refractivity contribution in [1.29, 1.82) is 0 Å². The molecule has 25 heavy (non-hydrogen) atoms. The van der Waals surface area contributed by atoms with Crippen LogP contribution in [0.3, 0.4) is 0 Å². The monoisotopic (exact) mass is 342 g/mol. The van der Waals surface area contributed by atoms with E-state index >= 15 is 0 Å². The molecular formula is C20H23FN2O2. The van der Waals surface area contributed by atoms with Crippen LogP contribution in [0.1, 0.15) is 23.6 Å². The molecule has 1 aliphatic rings. The van der Waals surface area contributed by atoms with Gasteiger partial charge in [0.25, 0.3) is 0 Å². The molecule has 0 bridgehead atoms. The van der Waals surface area contributed by atoms with Gasteiger partial charge in [-0.1, -0.05) is 18.2 Å². The maximum absolute atomic E-state index is 13.2. The van der Waals surface area contributed by atoms with E-state index in [0.29, 0.717) is 6.61 Å². The Hall–Kier alpha value is -2.40. The number of carbonyl (C=O) groups is 1. The van der Waals surface area contributed by atoms with Crippen LogP contribution in [0.2, 0.25) is 0 Å². The van der Waals surface area contributed by atoms with Crippen LogP contribution in [0, 0.1) is 5.82 Å². The molecule has 3 rings (SSSR count). The molecule has 0 aromatic heterocycles. The highest BCUT2D eigenvalue weighted by atomic mass is 19.1. The van der Waals surface area contributed by atoms with Gasteiger partial charge in [0.2, 0.25) is 5.91 Å². The van der Waals surface area contributed by atoms with Gasteiger partial charge >= 0.3 is 0 Å². The average Bonchev–Trinajstić information content (AvgIpc) is 2.81. The van der Waals surface area contributed by atoms with E-state index in [0.717, 1.165) is 37.2 Å². The number of benzene rings is 2. The SMILES string of the molecule is CC(C(N)=O)N1CCc2ccc(OCc3cccc(F)c3)cc2CC1. The molecule has 0 fully saturated rings. The van der Waals surface area contributed by atoms with Crippen LogP contribution in [0.25, 0.3) is 0 Å². The number of amides is 1. The number of hydrogen-bond acceptors (Lipinski definition) is 3. The molecule has 1 amide bonds. The van der Waals surface area contributed by atoms with E-state index in [-0.39, 0.29) is 17.8 Å². The van der Waals surface area contributed by atoms with Crippen LogP contribution >= 0.6 is 0 Å². The summed E-state index contributed by atoms with van der Waals surface area (Å²) in [4.78, 5) is 13.5. The van der Waals surface area contributed by atoms with Gasteiger partial charge in [-0.3, -0.25) is 9.69 Å². The molecule has 1 heterocycles. The minimum absolute atomic E-state index is 0.252. The van der Waals surface area contributed by atoms with Crippen LogP contribution in [-0.4, -0.2) is 29.9 Å². The van der Waals surface area contributed by atoms with E-state index in [1.807, 2.05) is 25.1 Å². The lowest BCUT2D eigenvalue weighted by Gasteiger charge is -2.24. The summed E-state index contributed by atoms with van der Waals surface area (Å²) in [5.74, 6) is 0.233. The molecule has 2 aromatic rings. The minimum Gasteiger partial charge on any atom is -0.489 e. The van der Waals surface area contributed by atoms with Crippen LogP contribution < -0.4 is 10.5 Å². The van der Waals surface area contributed by atoms with Crippen LogP contribution in [-0.2, 0) is 24.2 Å². The number of fused-ring (bicyclic) bond motifs is 1. The van der Waals surface area contributed by atoms with Gasteiger partial charge in [-0.05, 0) is 60.7 Å². The Morgan fingerprint density at radius 1 is 1.20 bits per heavy atom. The van der Waals surface area contributed by atoms with Crippen molar-refractivity contribution in [2.45, 2.75) is 32.4 Å². The highest BCUT2D eigenvalue weighted by Gasteiger charge is 2.22. The van der Waals surface area contributed by atoms with E-state index in [9.17, 15) is 9.18 Å². The number of rotatable bonds is 5. The van der Waals surface area contributed by atoms with Crippen LogP contribution in [0.15, 0.2) is 42.5 Å². The maximum Gasteiger partial charge on any atom is 0.234 e. The second-order valence-corrected chi connectivity index (χ2v) is 6.46. The molecule has 0 aliphatic carbocycles. The number of hydrogen-bond donors (Lipinski definition) is 1. The molecule has 0 saturated carbocycles. The van der Waals surface area contributed by atoms with Crippen molar-refractivity contribution in [3.63, 3.8) is 0 Å². The lowest BCUT2D eigenvalue weighted by atomic mass is 10.0. The fourth-order valence-electron chi connectivity index (χ4n) is 3.17. The largest absolute Gasteiger partial charge is 0.489 e. The summed E-state index contributed by atoms with van der Waals surface area (Å²) in [7, 11) is 0. The zero-order valence-corrected chi connectivity index (χ0v) is 14.4. The Kier molecular flexibility index (Phi) is 5.34. The normalized spacial score (nSPS) is 15.9. The molecule has 132 valence electrons. The third-order valence-electron chi connectivity index (χ3n) is 4.77. The van der Waals surface area contributed by atoms with E-state index in [2.05, 4.69) is 11.0 Å². The maximum atomic E-state index is 13.2. The quantitative estimate of drug-likeness (QED) is 0.909. The number of nitrogens with two attached hydrogens (primary N) is 1. The van der Waals surface area contributed by atoms with Crippen molar-refractivity contribution in [1.82, 2.24) is 4.90 Å². The molecule has 2 N–H and O–H groups in total. The van der Waals surface area contributed by atoms with E-state index in [4.69, 9.17) is 10.5 Å². The summed E-state index contributed by atoms with van der Waals surface area (Å²) in [6.07, 6.45) is 1.74. The first-order chi connectivity index (χ1) is 12.0. The number of nitrogens with zero attached hydrogens (tertiary/aromatic N) is 1. The molecule has 0 spiro atoms. The van der Waals surface area contributed by atoms with Crippen molar-refractivity contribution in [3.8, 4) is 5.75 Å². The predicted molar refractivity (Wildman–Crippen MR) is 94.8 cm³/mol. The molecular weight excluding hydrogens is 319 g/mol.